The summed E-state index contributed by atoms with van der Waals surface area (Å²) in [6.45, 7) is 0.950. The van der Waals surface area contributed by atoms with E-state index in [1.54, 1.807) is 0 Å². The first-order chi connectivity index (χ1) is 9.49. The summed E-state index contributed by atoms with van der Waals surface area (Å²) in [5.74, 6) is -9.96. The first kappa shape index (κ1) is 15.1. The standard InChI is InChI=1S/C12H13F5N2O/c13-8-7(9(14)11(16)12(17)10(8)15)6(5-20)19-3-1-18-2-4-19/h6,18,20H,1-5H2/t6-/m1/s1. The SMILES string of the molecule is OC[C@H](c1c(F)c(F)c(F)c(F)c1F)N1CCNCC1. The van der Waals surface area contributed by atoms with Gasteiger partial charge in [0, 0.05) is 31.7 Å². The van der Waals surface area contributed by atoms with E-state index in [-0.39, 0.29) is 0 Å². The maximum atomic E-state index is 13.7. The van der Waals surface area contributed by atoms with Crippen molar-refractivity contribution in [3.63, 3.8) is 0 Å². The van der Waals surface area contributed by atoms with Gasteiger partial charge in [-0.05, 0) is 0 Å². The second-order valence-corrected chi connectivity index (χ2v) is 4.47. The number of nitrogens with zero attached hydrogens (tertiary/aromatic N) is 1. The third-order valence-electron chi connectivity index (χ3n) is 3.34. The van der Waals surface area contributed by atoms with Crippen molar-refractivity contribution in [3.05, 3.63) is 34.6 Å². The minimum Gasteiger partial charge on any atom is -0.394 e. The summed E-state index contributed by atoms with van der Waals surface area (Å²) in [5.41, 5.74) is -0.981. The molecular formula is C12H13F5N2O. The number of halogens is 5. The molecule has 0 amide bonds. The predicted octanol–water partition coefficient (Wildman–Crippen LogP) is 1.32. The summed E-state index contributed by atoms with van der Waals surface area (Å²) in [4.78, 5) is 1.48. The number of nitrogens with one attached hydrogen (secondary N) is 1. The number of aliphatic hydroxyl groups excluding tert-OH is 1. The molecule has 3 nitrogen and oxygen atoms in total. The molecule has 1 aliphatic rings. The van der Waals surface area contributed by atoms with Crippen molar-refractivity contribution in [1.82, 2.24) is 10.2 Å². The highest BCUT2D eigenvalue weighted by atomic mass is 19.2. The molecule has 1 fully saturated rings. The van der Waals surface area contributed by atoms with E-state index in [1.807, 2.05) is 0 Å². The average molecular weight is 296 g/mol. The van der Waals surface area contributed by atoms with Gasteiger partial charge in [0.25, 0.3) is 0 Å². The quantitative estimate of drug-likeness (QED) is 0.502. The van der Waals surface area contributed by atoms with Gasteiger partial charge in [0.1, 0.15) is 0 Å². The molecule has 0 spiro atoms. The molecule has 0 bridgehead atoms. The molecular weight excluding hydrogens is 283 g/mol. The number of benzene rings is 1. The highest BCUT2D eigenvalue weighted by Crippen LogP contribution is 2.30. The molecule has 0 unspecified atom stereocenters. The minimum absolute atomic E-state index is 0.338. The number of hydrogen-bond acceptors (Lipinski definition) is 3. The van der Waals surface area contributed by atoms with Crippen LogP contribution in [0, 0.1) is 29.1 Å². The summed E-state index contributed by atoms with van der Waals surface area (Å²) in [6.07, 6.45) is 0. The lowest BCUT2D eigenvalue weighted by Crippen LogP contribution is -2.46. The second-order valence-electron chi connectivity index (χ2n) is 4.47. The van der Waals surface area contributed by atoms with Crippen LogP contribution in [0.25, 0.3) is 0 Å². The topological polar surface area (TPSA) is 35.5 Å². The minimum atomic E-state index is -2.19. The van der Waals surface area contributed by atoms with Gasteiger partial charge in [-0.15, -0.1) is 0 Å². The zero-order chi connectivity index (χ0) is 14.9. The van der Waals surface area contributed by atoms with E-state index in [1.165, 1.54) is 4.90 Å². The highest BCUT2D eigenvalue weighted by Gasteiger charge is 2.33. The van der Waals surface area contributed by atoms with E-state index in [2.05, 4.69) is 5.32 Å². The van der Waals surface area contributed by atoms with Crippen molar-refractivity contribution >= 4 is 0 Å². The van der Waals surface area contributed by atoms with Gasteiger partial charge >= 0.3 is 0 Å². The van der Waals surface area contributed by atoms with Crippen LogP contribution in [0.15, 0.2) is 0 Å². The van der Waals surface area contributed by atoms with Crippen molar-refractivity contribution in [2.24, 2.45) is 0 Å². The van der Waals surface area contributed by atoms with E-state index in [9.17, 15) is 27.1 Å². The van der Waals surface area contributed by atoms with E-state index in [4.69, 9.17) is 0 Å². The van der Waals surface area contributed by atoms with E-state index < -0.39 is 47.3 Å². The van der Waals surface area contributed by atoms with E-state index in [0.29, 0.717) is 26.2 Å². The largest absolute Gasteiger partial charge is 0.394 e. The Balaban J connectivity index is 2.48. The van der Waals surface area contributed by atoms with Gasteiger partial charge in [-0.1, -0.05) is 0 Å². The summed E-state index contributed by atoms with van der Waals surface area (Å²) in [7, 11) is 0. The zero-order valence-electron chi connectivity index (χ0n) is 10.4. The Hall–Kier alpha value is -1.25. The van der Waals surface area contributed by atoms with Crippen LogP contribution in [0.2, 0.25) is 0 Å². The van der Waals surface area contributed by atoms with Crippen LogP contribution >= 0.6 is 0 Å². The lowest BCUT2D eigenvalue weighted by atomic mass is 10.0. The molecule has 0 saturated carbocycles. The monoisotopic (exact) mass is 296 g/mol. The molecule has 0 radical (unpaired) electrons. The molecule has 1 aromatic carbocycles. The normalized spacial score (nSPS) is 18.3. The lowest BCUT2D eigenvalue weighted by Gasteiger charge is -2.34. The van der Waals surface area contributed by atoms with Crippen LogP contribution in [0.1, 0.15) is 11.6 Å². The maximum absolute atomic E-state index is 13.7. The third kappa shape index (κ3) is 2.50. The Labute approximate surface area is 112 Å². The van der Waals surface area contributed by atoms with Gasteiger partial charge in [-0.3, -0.25) is 4.90 Å². The Morgan fingerprint density at radius 1 is 0.900 bits per heavy atom. The Morgan fingerprint density at radius 2 is 1.35 bits per heavy atom. The number of hydrogen-bond donors (Lipinski definition) is 2. The molecule has 0 aliphatic carbocycles. The molecule has 2 N–H and O–H groups in total. The zero-order valence-corrected chi connectivity index (χ0v) is 10.4. The fraction of sp³-hybridized carbons (Fsp3) is 0.500. The van der Waals surface area contributed by atoms with Crippen LogP contribution in [0.3, 0.4) is 0 Å². The van der Waals surface area contributed by atoms with Crippen molar-refractivity contribution in [2.75, 3.05) is 32.8 Å². The van der Waals surface area contributed by atoms with Crippen LogP contribution in [-0.2, 0) is 0 Å². The molecule has 8 heteroatoms. The molecule has 1 aromatic rings. The van der Waals surface area contributed by atoms with E-state index in [0.717, 1.165) is 0 Å². The van der Waals surface area contributed by atoms with Crippen molar-refractivity contribution in [1.29, 1.82) is 0 Å². The third-order valence-corrected chi connectivity index (χ3v) is 3.34. The highest BCUT2D eigenvalue weighted by molar-refractivity contribution is 5.27. The molecule has 112 valence electrons. The fourth-order valence-electron chi connectivity index (χ4n) is 2.30. The lowest BCUT2D eigenvalue weighted by molar-refractivity contribution is 0.104. The Morgan fingerprint density at radius 3 is 1.80 bits per heavy atom. The van der Waals surface area contributed by atoms with Gasteiger partial charge in [0.15, 0.2) is 23.3 Å². The van der Waals surface area contributed by atoms with Crippen molar-refractivity contribution in [3.8, 4) is 0 Å². The van der Waals surface area contributed by atoms with Crippen LogP contribution < -0.4 is 5.32 Å². The molecule has 1 aliphatic heterocycles. The summed E-state index contributed by atoms with van der Waals surface area (Å²) < 4.78 is 66.8. The smallest absolute Gasteiger partial charge is 0.200 e. The molecule has 2 rings (SSSR count). The summed E-state index contributed by atoms with van der Waals surface area (Å²) in [6, 6.07) is -1.26. The first-order valence-corrected chi connectivity index (χ1v) is 6.06. The molecule has 1 atom stereocenters. The Kier molecular flexibility index (Phi) is 4.56. The van der Waals surface area contributed by atoms with Gasteiger partial charge in [-0.2, -0.15) is 0 Å². The second kappa shape index (κ2) is 6.02. The molecule has 1 saturated heterocycles. The summed E-state index contributed by atoms with van der Waals surface area (Å²) in [5, 5.41) is 12.3. The fourth-order valence-corrected chi connectivity index (χ4v) is 2.30. The maximum Gasteiger partial charge on any atom is 0.200 e. The van der Waals surface area contributed by atoms with E-state index >= 15 is 0 Å². The van der Waals surface area contributed by atoms with Gasteiger partial charge < -0.3 is 10.4 Å². The van der Waals surface area contributed by atoms with Gasteiger partial charge in [0.2, 0.25) is 5.82 Å². The number of aliphatic hydroxyl groups is 1. The van der Waals surface area contributed by atoms with Gasteiger partial charge in [-0.25, -0.2) is 22.0 Å². The Bertz CT molecular complexity index is 476. The van der Waals surface area contributed by atoms with Crippen LogP contribution in [-0.4, -0.2) is 42.8 Å². The van der Waals surface area contributed by atoms with Crippen molar-refractivity contribution < 1.29 is 27.1 Å². The van der Waals surface area contributed by atoms with Crippen LogP contribution in [0.5, 0.6) is 0 Å². The van der Waals surface area contributed by atoms with Crippen LogP contribution in [0.4, 0.5) is 22.0 Å². The average Bonchev–Trinajstić information content (AvgIpc) is 2.48. The molecule has 0 aromatic heterocycles. The number of rotatable bonds is 3. The van der Waals surface area contributed by atoms with Gasteiger partial charge in [0.05, 0.1) is 12.6 Å². The molecule has 20 heavy (non-hydrogen) atoms. The summed E-state index contributed by atoms with van der Waals surface area (Å²) >= 11 is 0. The molecule has 1 heterocycles. The predicted molar refractivity (Wildman–Crippen MR) is 60.5 cm³/mol. The van der Waals surface area contributed by atoms with Crippen molar-refractivity contribution in [2.45, 2.75) is 6.04 Å². The first-order valence-electron chi connectivity index (χ1n) is 6.06. The number of piperazine rings is 1.